The van der Waals surface area contributed by atoms with Crippen LogP contribution in [0.15, 0.2) is 22.7 Å². The first kappa shape index (κ1) is 14.4. The van der Waals surface area contributed by atoms with Crippen LogP contribution in [-0.2, 0) is 0 Å². The number of benzene rings is 1. The molecule has 0 aliphatic carbocycles. The normalized spacial score (nSPS) is 26.9. The number of rotatable bonds is 3. The zero-order chi connectivity index (χ0) is 13.9. The molecule has 1 saturated heterocycles. The van der Waals surface area contributed by atoms with Crippen LogP contribution in [0.4, 0.5) is 0 Å². The van der Waals surface area contributed by atoms with Crippen molar-refractivity contribution in [3.8, 4) is 5.75 Å². The molecule has 20 heavy (non-hydrogen) atoms. The second-order valence-electron chi connectivity index (χ2n) is 6.05. The summed E-state index contributed by atoms with van der Waals surface area (Å²) in [4.78, 5) is 2.42. The lowest BCUT2D eigenvalue weighted by molar-refractivity contribution is 0.314. The zero-order valence-electron chi connectivity index (χ0n) is 12.1. The van der Waals surface area contributed by atoms with E-state index >= 15 is 0 Å². The van der Waals surface area contributed by atoms with Crippen molar-refractivity contribution in [3.63, 3.8) is 0 Å². The minimum Gasteiger partial charge on any atom is -0.493 e. The molecule has 1 fully saturated rings. The molecule has 3 nitrogen and oxygen atoms in total. The summed E-state index contributed by atoms with van der Waals surface area (Å²) >= 11 is 3.53. The number of nitrogens with one attached hydrogen (secondary N) is 1. The molecule has 1 aromatic rings. The van der Waals surface area contributed by atoms with Crippen molar-refractivity contribution in [2.24, 2.45) is 5.92 Å². The fraction of sp³-hybridized carbons (Fsp3) is 0.625. The molecule has 0 aromatic heterocycles. The SMILES string of the molecule is CN1CCC(CNC2CCCOc3cc(Br)ccc32)C1. The topological polar surface area (TPSA) is 24.5 Å². The van der Waals surface area contributed by atoms with Crippen LogP contribution in [0, 0.1) is 5.92 Å². The van der Waals surface area contributed by atoms with Crippen LogP contribution < -0.4 is 10.1 Å². The van der Waals surface area contributed by atoms with E-state index < -0.39 is 0 Å². The number of ether oxygens (including phenoxy) is 1. The van der Waals surface area contributed by atoms with E-state index in [0.29, 0.717) is 6.04 Å². The summed E-state index contributed by atoms with van der Waals surface area (Å²) < 4.78 is 6.96. The van der Waals surface area contributed by atoms with E-state index in [1.165, 1.54) is 25.1 Å². The fourth-order valence-electron chi connectivity index (χ4n) is 3.26. The van der Waals surface area contributed by atoms with Gasteiger partial charge in [0, 0.05) is 22.6 Å². The van der Waals surface area contributed by atoms with Crippen molar-refractivity contribution >= 4 is 15.9 Å². The van der Waals surface area contributed by atoms with Gasteiger partial charge in [-0.15, -0.1) is 0 Å². The molecule has 2 aliphatic heterocycles. The Morgan fingerprint density at radius 3 is 3.10 bits per heavy atom. The highest BCUT2D eigenvalue weighted by Gasteiger charge is 2.23. The number of likely N-dealkylation sites (tertiary alicyclic amines) is 1. The zero-order valence-corrected chi connectivity index (χ0v) is 13.7. The Hall–Kier alpha value is -0.580. The summed E-state index contributed by atoms with van der Waals surface area (Å²) in [5.74, 6) is 1.83. The molecule has 2 unspecified atom stereocenters. The Balaban J connectivity index is 1.67. The lowest BCUT2D eigenvalue weighted by Crippen LogP contribution is -2.28. The highest BCUT2D eigenvalue weighted by molar-refractivity contribution is 9.10. The number of fused-ring (bicyclic) bond motifs is 1. The summed E-state index contributed by atoms with van der Waals surface area (Å²) in [5.41, 5.74) is 1.32. The monoisotopic (exact) mass is 338 g/mol. The standard InChI is InChI=1S/C16H23BrN2O/c1-19-7-6-12(11-19)10-18-15-3-2-8-20-16-9-13(17)4-5-14(15)16/h4-5,9,12,15,18H,2-3,6-8,10-11H2,1H3. The van der Waals surface area contributed by atoms with Crippen LogP contribution >= 0.6 is 15.9 Å². The fourth-order valence-corrected chi connectivity index (χ4v) is 3.60. The maximum Gasteiger partial charge on any atom is 0.125 e. The maximum absolute atomic E-state index is 5.87. The maximum atomic E-state index is 5.87. The van der Waals surface area contributed by atoms with Gasteiger partial charge in [0.15, 0.2) is 0 Å². The largest absolute Gasteiger partial charge is 0.493 e. The minimum absolute atomic E-state index is 0.437. The summed E-state index contributed by atoms with van der Waals surface area (Å²) in [7, 11) is 2.21. The lowest BCUT2D eigenvalue weighted by atomic mass is 10.0. The Labute approximate surface area is 129 Å². The van der Waals surface area contributed by atoms with Gasteiger partial charge in [-0.2, -0.15) is 0 Å². The van der Waals surface area contributed by atoms with Gasteiger partial charge in [0.25, 0.3) is 0 Å². The van der Waals surface area contributed by atoms with Crippen LogP contribution in [-0.4, -0.2) is 38.2 Å². The summed E-state index contributed by atoms with van der Waals surface area (Å²) in [5, 5.41) is 3.78. The molecular weight excluding hydrogens is 316 g/mol. The predicted octanol–water partition coefficient (Wildman–Crippen LogP) is 3.20. The molecule has 2 aliphatic rings. The lowest BCUT2D eigenvalue weighted by Gasteiger charge is -2.21. The third-order valence-electron chi connectivity index (χ3n) is 4.39. The number of halogens is 1. The summed E-state index contributed by atoms with van der Waals surface area (Å²) in [6, 6.07) is 6.85. The van der Waals surface area contributed by atoms with Crippen LogP contribution in [0.25, 0.3) is 0 Å². The molecule has 0 saturated carbocycles. The second-order valence-corrected chi connectivity index (χ2v) is 6.97. The molecule has 0 spiro atoms. The van der Waals surface area contributed by atoms with Gasteiger partial charge in [-0.05, 0) is 57.5 Å². The van der Waals surface area contributed by atoms with Crippen molar-refractivity contribution < 1.29 is 4.74 Å². The molecule has 110 valence electrons. The first-order valence-corrected chi connectivity index (χ1v) is 8.36. The van der Waals surface area contributed by atoms with Crippen molar-refractivity contribution in [2.75, 3.05) is 33.3 Å². The van der Waals surface area contributed by atoms with Crippen molar-refractivity contribution in [2.45, 2.75) is 25.3 Å². The van der Waals surface area contributed by atoms with Crippen molar-refractivity contribution in [3.05, 3.63) is 28.2 Å². The van der Waals surface area contributed by atoms with Gasteiger partial charge in [-0.3, -0.25) is 0 Å². The molecule has 0 radical (unpaired) electrons. The van der Waals surface area contributed by atoms with Crippen LogP contribution in [0.3, 0.4) is 0 Å². The first-order chi connectivity index (χ1) is 9.72. The van der Waals surface area contributed by atoms with E-state index in [-0.39, 0.29) is 0 Å². The minimum atomic E-state index is 0.437. The molecule has 2 atom stereocenters. The van der Waals surface area contributed by atoms with Gasteiger partial charge in [0.05, 0.1) is 6.61 Å². The first-order valence-electron chi connectivity index (χ1n) is 7.56. The molecule has 0 bridgehead atoms. The van der Waals surface area contributed by atoms with Gasteiger partial charge < -0.3 is 15.0 Å². The molecule has 2 heterocycles. The Bertz CT molecular complexity index is 466. The molecule has 3 rings (SSSR count). The van der Waals surface area contributed by atoms with Gasteiger partial charge >= 0.3 is 0 Å². The predicted molar refractivity (Wildman–Crippen MR) is 85.2 cm³/mol. The van der Waals surface area contributed by atoms with E-state index in [0.717, 1.165) is 42.1 Å². The molecular formula is C16H23BrN2O. The summed E-state index contributed by atoms with van der Waals surface area (Å²) in [6.45, 7) is 4.41. The van der Waals surface area contributed by atoms with Crippen LogP contribution in [0.1, 0.15) is 30.9 Å². The van der Waals surface area contributed by atoms with E-state index in [9.17, 15) is 0 Å². The number of hydrogen-bond donors (Lipinski definition) is 1. The molecule has 1 aromatic carbocycles. The third kappa shape index (κ3) is 3.35. The highest BCUT2D eigenvalue weighted by atomic mass is 79.9. The Kier molecular flexibility index (Phi) is 4.64. The quantitative estimate of drug-likeness (QED) is 0.915. The average Bonchev–Trinajstić information content (AvgIpc) is 2.74. The van der Waals surface area contributed by atoms with Crippen molar-refractivity contribution in [1.82, 2.24) is 10.2 Å². The molecule has 1 N–H and O–H groups in total. The van der Waals surface area contributed by atoms with Gasteiger partial charge in [0.1, 0.15) is 5.75 Å². The third-order valence-corrected chi connectivity index (χ3v) is 4.88. The van der Waals surface area contributed by atoms with Crippen molar-refractivity contribution in [1.29, 1.82) is 0 Å². The van der Waals surface area contributed by atoms with E-state index in [2.05, 4.69) is 51.4 Å². The van der Waals surface area contributed by atoms with Gasteiger partial charge in [-0.1, -0.05) is 22.0 Å². The number of nitrogens with zero attached hydrogens (tertiary/aromatic N) is 1. The van der Waals surface area contributed by atoms with E-state index in [4.69, 9.17) is 4.74 Å². The molecule has 0 amide bonds. The van der Waals surface area contributed by atoms with Gasteiger partial charge in [0.2, 0.25) is 0 Å². The molecule has 4 heteroatoms. The highest BCUT2D eigenvalue weighted by Crippen LogP contribution is 2.33. The van der Waals surface area contributed by atoms with Gasteiger partial charge in [-0.25, -0.2) is 0 Å². The summed E-state index contributed by atoms with van der Waals surface area (Å²) in [6.07, 6.45) is 3.60. The number of hydrogen-bond acceptors (Lipinski definition) is 3. The van der Waals surface area contributed by atoms with E-state index in [1.54, 1.807) is 0 Å². The Morgan fingerprint density at radius 1 is 1.40 bits per heavy atom. The van der Waals surface area contributed by atoms with Crippen LogP contribution in [0.2, 0.25) is 0 Å². The van der Waals surface area contributed by atoms with E-state index in [1.807, 2.05) is 0 Å². The average molecular weight is 339 g/mol. The Morgan fingerprint density at radius 2 is 2.30 bits per heavy atom. The second kappa shape index (κ2) is 6.46. The smallest absolute Gasteiger partial charge is 0.125 e. The van der Waals surface area contributed by atoms with Crippen LogP contribution in [0.5, 0.6) is 5.75 Å².